The van der Waals surface area contributed by atoms with E-state index in [9.17, 15) is 31.9 Å². The van der Waals surface area contributed by atoms with Crippen molar-refractivity contribution in [3.8, 4) is 0 Å². The van der Waals surface area contributed by atoms with E-state index < -0.39 is 64.9 Å². The van der Waals surface area contributed by atoms with Gasteiger partial charge in [-0.3, -0.25) is 19.3 Å². The molecule has 7 nitrogen and oxygen atoms in total. The molecule has 0 aromatic heterocycles. The lowest BCUT2D eigenvalue weighted by Crippen LogP contribution is -2.58. The van der Waals surface area contributed by atoms with Gasteiger partial charge in [0.2, 0.25) is 17.7 Å². The maximum atomic E-state index is 14.5. The summed E-state index contributed by atoms with van der Waals surface area (Å²) in [7, 11) is 0. The third kappa shape index (κ3) is 6.16. The van der Waals surface area contributed by atoms with E-state index in [0.29, 0.717) is 51.7 Å². The number of rotatable bonds is 4. The van der Waals surface area contributed by atoms with E-state index >= 15 is 0 Å². The minimum Gasteiger partial charge on any atom is -0.348 e. The van der Waals surface area contributed by atoms with Crippen molar-refractivity contribution in [3.63, 3.8) is 0 Å². The van der Waals surface area contributed by atoms with Crippen molar-refractivity contribution in [1.29, 1.82) is 0 Å². The summed E-state index contributed by atoms with van der Waals surface area (Å²) in [5.74, 6) is -4.02. The number of alkyl halides is 5. The Balaban J connectivity index is 1.31. The van der Waals surface area contributed by atoms with Crippen molar-refractivity contribution in [2.45, 2.75) is 93.1 Å². The molecule has 2 saturated heterocycles. The first kappa shape index (κ1) is 28.8. The van der Waals surface area contributed by atoms with Gasteiger partial charge in [0.05, 0.1) is 17.9 Å². The van der Waals surface area contributed by atoms with Crippen LogP contribution < -0.4 is 10.6 Å². The number of nitrogens with zero attached hydrogens (tertiary/aromatic N) is 2. The fraction of sp³-hybridized carbons (Fsp3) is 0.815. The minimum atomic E-state index is -4.46. The summed E-state index contributed by atoms with van der Waals surface area (Å²) in [5.41, 5.74) is 0.246. The van der Waals surface area contributed by atoms with Crippen molar-refractivity contribution in [2.75, 3.05) is 26.2 Å². The molecular weight excluding hydrogens is 584 g/mol. The van der Waals surface area contributed by atoms with Gasteiger partial charge in [-0.05, 0) is 57.8 Å². The highest BCUT2D eigenvalue weighted by molar-refractivity contribution is 9.09. The Kier molecular flexibility index (Phi) is 8.62. The number of likely N-dealkylation sites (tertiary alicyclic amines) is 2. The van der Waals surface area contributed by atoms with Crippen LogP contribution >= 0.6 is 15.9 Å². The van der Waals surface area contributed by atoms with Crippen LogP contribution in [0.5, 0.6) is 0 Å². The fourth-order valence-electron chi connectivity index (χ4n) is 7.46. The number of piperidine rings is 1. The van der Waals surface area contributed by atoms with Crippen LogP contribution in [0.3, 0.4) is 0 Å². The van der Waals surface area contributed by atoms with Crippen LogP contribution in [0.1, 0.15) is 57.8 Å². The van der Waals surface area contributed by atoms with Crippen molar-refractivity contribution in [2.24, 2.45) is 17.8 Å². The second kappa shape index (κ2) is 11.7. The molecule has 218 valence electrons. The van der Waals surface area contributed by atoms with E-state index in [1.807, 2.05) is 0 Å². The van der Waals surface area contributed by atoms with Crippen LogP contribution in [-0.4, -0.2) is 89.0 Å². The molecule has 2 N–H and O–H groups in total. The Hall–Kier alpha value is -1.69. The predicted octanol–water partition coefficient (Wildman–Crippen LogP) is 3.47. The van der Waals surface area contributed by atoms with Crippen LogP contribution in [-0.2, 0) is 14.4 Å². The Bertz CT molecular complexity index is 989. The molecule has 3 aliphatic heterocycles. The standard InChI is InChI=1S/C27H37BrF4N4O3/c28-15-11-19(26(39)35-8-2-1-3-9-35)24(20(12-15)27(30,31)32)36-10-7-16(14-36)33-25(38)18-13-22(37)34-23-17(18)5-4-6-21(23)29/h13,15-17,19-21,23-24H,1-12,14H2,(H,33,38)(H,34,37)/t15?,16-,17?,19?,20?,21?,23?,24?/m1/s1. The van der Waals surface area contributed by atoms with Gasteiger partial charge < -0.3 is 15.5 Å². The summed E-state index contributed by atoms with van der Waals surface area (Å²) in [4.78, 5) is 42.1. The molecule has 3 amide bonds. The molecule has 2 saturated carbocycles. The molecule has 0 bridgehead atoms. The van der Waals surface area contributed by atoms with Crippen molar-refractivity contribution < 1.29 is 31.9 Å². The Morgan fingerprint density at radius 2 is 1.77 bits per heavy atom. The Morgan fingerprint density at radius 3 is 2.49 bits per heavy atom. The molecule has 0 aromatic carbocycles. The molecule has 0 spiro atoms. The third-order valence-electron chi connectivity index (χ3n) is 9.30. The molecule has 0 radical (unpaired) electrons. The van der Waals surface area contributed by atoms with Crippen molar-refractivity contribution in [3.05, 3.63) is 11.6 Å². The molecule has 7 unspecified atom stereocenters. The third-order valence-corrected chi connectivity index (χ3v) is 10.0. The van der Waals surface area contributed by atoms with Crippen LogP contribution in [0.2, 0.25) is 0 Å². The number of fused-ring (bicyclic) bond motifs is 1. The van der Waals surface area contributed by atoms with E-state index in [4.69, 9.17) is 0 Å². The second-order valence-electron chi connectivity index (χ2n) is 11.8. The SMILES string of the molecule is O=C1C=C(C(=O)N[C@@H]2CCN(C3C(C(=O)N4CCCCC4)CC(Br)CC3C(F)(F)F)C2)C2CCCC(F)C2N1. The van der Waals surface area contributed by atoms with Gasteiger partial charge in [-0.1, -0.05) is 15.9 Å². The lowest BCUT2D eigenvalue weighted by atomic mass is 9.74. The Morgan fingerprint density at radius 1 is 1.03 bits per heavy atom. The van der Waals surface area contributed by atoms with E-state index in [1.165, 1.54) is 6.08 Å². The van der Waals surface area contributed by atoms with Crippen molar-refractivity contribution >= 4 is 33.7 Å². The molecule has 5 aliphatic rings. The normalized spacial score (nSPS) is 38.0. The van der Waals surface area contributed by atoms with Crippen LogP contribution in [0.4, 0.5) is 17.6 Å². The summed E-state index contributed by atoms with van der Waals surface area (Å²) in [6, 6.07) is -2.15. The van der Waals surface area contributed by atoms with Gasteiger partial charge in [0.25, 0.3) is 0 Å². The monoisotopic (exact) mass is 620 g/mol. The average molecular weight is 622 g/mol. The highest BCUT2D eigenvalue weighted by Gasteiger charge is 2.56. The smallest absolute Gasteiger partial charge is 0.348 e. The lowest BCUT2D eigenvalue weighted by molar-refractivity contribution is -0.205. The first-order valence-corrected chi connectivity index (χ1v) is 15.1. The van der Waals surface area contributed by atoms with Crippen LogP contribution in [0.15, 0.2) is 11.6 Å². The number of nitrogens with one attached hydrogen (secondary N) is 2. The summed E-state index contributed by atoms with van der Waals surface area (Å²) in [5, 5.41) is 5.56. The zero-order valence-corrected chi connectivity index (χ0v) is 23.5. The van der Waals surface area contributed by atoms with Crippen molar-refractivity contribution in [1.82, 2.24) is 20.4 Å². The molecule has 39 heavy (non-hydrogen) atoms. The molecule has 2 aliphatic carbocycles. The average Bonchev–Trinajstić information content (AvgIpc) is 3.35. The van der Waals surface area contributed by atoms with Gasteiger partial charge in [0.15, 0.2) is 0 Å². The van der Waals surface area contributed by atoms with E-state index in [-0.39, 0.29) is 24.4 Å². The predicted molar refractivity (Wildman–Crippen MR) is 140 cm³/mol. The largest absolute Gasteiger partial charge is 0.393 e. The summed E-state index contributed by atoms with van der Waals surface area (Å²) >= 11 is 3.40. The quantitative estimate of drug-likeness (QED) is 0.373. The maximum absolute atomic E-state index is 14.5. The summed E-state index contributed by atoms with van der Waals surface area (Å²) in [6.07, 6.45) is 0.511. The number of amides is 3. The second-order valence-corrected chi connectivity index (χ2v) is 13.1. The number of carbonyl (C=O) groups excluding carboxylic acids is 3. The molecule has 4 fully saturated rings. The fourth-order valence-corrected chi connectivity index (χ4v) is 8.26. The topological polar surface area (TPSA) is 81.8 Å². The number of halogens is 5. The summed E-state index contributed by atoms with van der Waals surface area (Å²) in [6.45, 7) is 1.68. The van der Waals surface area contributed by atoms with Gasteiger partial charge in [-0.25, -0.2) is 4.39 Å². The maximum Gasteiger partial charge on any atom is 0.393 e. The lowest BCUT2D eigenvalue weighted by Gasteiger charge is -2.46. The Labute approximate surface area is 234 Å². The minimum absolute atomic E-state index is 0.0963. The summed E-state index contributed by atoms with van der Waals surface area (Å²) < 4.78 is 57.5. The molecule has 5 rings (SSSR count). The molecule has 3 heterocycles. The number of hydrogen-bond acceptors (Lipinski definition) is 4. The van der Waals surface area contributed by atoms with Gasteiger partial charge in [-0.2, -0.15) is 13.2 Å². The van der Waals surface area contributed by atoms with Crippen LogP contribution in [0, 0.1) is 17.8 Å². The zero-order chi connectivity index (χ0) is 27.9. The highest BCUT2D eigenvalue weighted by Crippen LogP contribution is 2.46. The van der Waals surface area contributed by atoms with Gasteiger partial charge in [0.1, 0.15) is 6.17 Å². The van der Waals surface area contributed by atoms with Gasteiger partial charge >= 0.3 is 6.18 Å². The first-order valence-electron chi connectivity index (χ1n) is 14.2. The zero-order valence-electron chi connectivity index (χ0n) is 21.9. The van der Waals surface area contributed by atoms with Crippen LogP contribution in [0.25, 0.3) is 0 Å². The van der Waals surface area contributed by atoms with E-state index in [2.05, 4.69) is 26.6 Å². The molecule has 8 atom stereocenters. The molecular formula is C27H37BrF4N4O3. The highest BCUT2D eigenvalue weighted by atomic mass is 79.9. The van der Waals surface area contributed by atoms with E-state index in [0.717, 1.165) is 19.3 Å². The molecule has 12 heteroatoms. The number of carbonyl (C=O) groups is 3. The van der Waals surface area contributed by atoms with E-state index in [1.54, 1.807) is 9.80 Å². The van der Waals surface area contributed by atoms with Gasteiger partial charge in [-0.15, -0.1) is 0 Å². The molecule has 0 aromatic rings. The van der Waals surface area contributed by atoms with Gasteiger partial charge in [0, 0.05) is 60.7 Å². The first-order chi connectivity index (χ1) is 18.5. The number of hydrogen-bond donors (Lipinski definition) is 2.